The summed E-state index contributed by atoms with van der Waals surface area (Å²) in [5.74, 6) is 0.863. The van der Waals surface area contributed by atoms with E-state index in [1.54, 1.807) is 0 Å². The summed E-state index contributed by atoms with van der Waals surface area (Å²) in [6.45, 7) is 2.29. The monoisotopic (exact) mass is 270 g/mol. The number of fused-ring (bicyclic) bond motifs is 1. The van der Waals surface area contributed by atoms with Crippen LogP contribution in [0.15, 0.2) is 30.5 Å². The van der Waals surface area contributed by atoms with Crippen molar-refractivity contribution < 1.29 is 4.79 Å². The highest BCUT2D eigenvalue weighted by atomic mass is 16.2. The molecule has 1 saturated carbocycles. The van der Waals surface area contributed by atoms with E-state index in [1.165, 1.54) is 12.8 Å². The first-order valence-electron chi connectivity index (χ1n) is 7.50. The molecule has 3 rings (SSSR count). The van der Waals surface area contributed by atoms with Crippen molar-refractivity contribution in [2.45, 2.75) is 38.6 Å². The number of H-pyrrole nitrogens is 1. The Bertz CT molecular complexity index is 616. The number of hydrogen-bond donors (Lipinski definition) is 1. The molecule has 3 heteroatoms. The van der Waals surface area contributed by atoms with Crippen molar-refractivity contribution in [1.82, 2.24) is 9.88 Å². The number of para-hydroxylation sites is 1. The Morgan fingerprint density at radius 1 is 1.30 bits per heavy atom. The van der Waals surface area contributed by atoms with Crippen LogP contribution in [0.1, 0.15) is 43.0 Å². The molecular formula is C17H22N2O. The van der Waals surface area contributed by atoms with Gasteiger partial charge >= 0.3 is 0 Å². The standard InChI is InChI=1S/C17H22N2O/c1-12-5-3-7-14(11-12)19(2)17(20)15-8-4-6-13-9-10-18-16(13)15/h4,6,8-10,12,14,18H,3,5,7,11H2,1-2H3. The number of amides is 1. The zero-order valence-electron chi connectivity index (χ0n) is 12.2. The van der Waals surface area contributed by atoms with Crippen LogP contribution in [0.4, 0.5) is 0 Å². The molecule has 1 fully saturated rings. The van der Waals surface area contributed by atoms with Gasteiger partial charge in [-0.05, 0) is 30.9 Å². The molecule has 0 radical (unpaired) electrons. The Morgan fingerprint density at radius 3 is 2.95 bits per heavy atom. The number of aromatic nitrogens is 1. The summed E-state index contributed by atoms with van der Waals surface area (Å²) in [4.78, 5) is 17.9. The minimum atomic E-state index is 0.136. The number of nitrogens with zero attached hydrogens (tertiary/aromatic N) is 1. The van der Waals surface area contributed by atoms with Gasteiger partial charge in [-0.3, -0.25) is 4.79 Å². The number of aromatic amines is 1. The number of carbonyl (C=O) groups is 1. The molecule has 2 aromatic rings. The van der Waals surface area contributed by atoms with E-state index in [2.05, 4.69) is 11.9 Å². The molecule has 1 aliphatic rings. The Labute approximate surface area is 120 Å². The molecule has 2 unspecified atom stereocenters. The summed E-state index contributed by atoms with van der Waals surface area (Å²) in [6.07, 6.45) is 6.68. The molecule has 1 aliphatic carbocycles. The van der Waals surface area contributed by atoms with Gasteiger partial charge < -0.3 is 9.88 Å². The van der Waals surface area contributed by atoms with Gasteiger partial charge in [-0.15, -0.1) is 0 Å². The average Bonchev–Trinajstić information content (AvgIpc) is 2.94. The second-order valence-electron chi connectivity index (χ2n) is 6.09. The van der Waals surface area contributed by atoms with Gasteiger partial charge in [0.05, 0.1) is 11.1 Å². The SMILES string of the molecule is CC1CCCC(N(C)C(=O)c2cccc3cc[nH]c23)C1. The fraction of sp³-hybridized carbons (Fsp3) is 0.471. The quantitative estimate of drug-likeness (QED) is 0.884. The van der Waals surface area contributed by atoms with Crippen LogP contribution in [0.5, 0.6) is 0 Å². The lowest BCUT2D eigenvalue weighted by Crippen LogP contribution is -2.39. The van der Waals surface area contributed by atoms with E-state index in [9.17, 15) is 4.79 Å². The van der Waals surface area contributed by atoms with Gasteiger partial charge in [-0.1, -0.05) is 31.9 Å². The molecule has 20 heavy (non-hydrogen) atoms. The van der Waals surface area contributed by atoms with Crippen LogP contribution in [-0.2, 0) is 0 Å². The van der Waals surface area contributed by atoms with E-state index in [1.807, 2.05) is 42.4 Å². The molecule has 1 aromatic heterocycles. The number of benzene rings is 1. The van der Waals surface area contributed by atoms with Crippen LogP contribution >= 0.6 is 0 Å². The fourth-order valence-corrected chi connectivity index (χ4v) is 3.37. The summed E-state index contributed by atoms with van der Waals surface area (Å²) >= 11 is 0. The lowest BCUT2D eigenvalue weighted by atomic mass is 9.86. The van der Waals surface area contributed by atoms with Crippen molar-refractivity contribution in [2.75, 3.05) is 7.05 Å². The highest BCUT2D eigenvalue weighted by Crippen LogP contribution is 2.28. The summed E-state index contributed by atoms with van der Waals surface area (Å²) in [7, 11) is 1.95. The van der Waals surface area contributed by atoms with Gasteiger partial charge in [0.2, 0.25) is 0 Å². The Hall–Kier alpha value is -1.77. The molecule has 0 spiro atoms. The molecule has 1 aromatic carbocycles. The van der Waals surface area contributed by atoms with E-state index in [0.717, 1.165) is 35.2 Å². The fourth-order valence-electron chi connectivity index (χ4n) is 3.37. The maximum absolute atomic E-state index is 12.8. The van der Waals surface area contributed by atoms with Crippen molar-refractivity contribution >= 4 is 16.8 Å². The summed E-state index contributed by atoms with van der Waals surface area (Å²) in [5, 5.41) is 1.10. The number of carbonyl (C=O) groups excluding carboxylic acids is 1. The molecule has 1 heterocycles. The minimum Gasteiger partial charge on any atom is -0.361 e. The van der Waals surface area contributed by atoms with Gasteiger partial charge in [-0.25, -0.2) is 0 Å². The van der Waals surface area contributed by atoms with Crippen LogP contribution in [0.2, 0.25) is 0 Å². The zero-order chi connectivity index (χ0) is 14.1. The van der Waals surface area contributed by atoms with Crippen molar-refractivity contribution in [3.63, 3.8) is 0 Å². The second-order valence-corrected chi connectivity index (χ2v) is 6.09. The Balaban J connectivity index is 1.86. The molecule has 3 nitrogen and oxygen atoms in total. The second kappa shape index (κ2) is 5.31. The number of nitrogens with one attached hydrogen (secondary N) is 1. The van der Waals surface area contributed by atoms with Gasteiger partial charge in [0.25, 0.3) is 5.91 Å². The molecule has 1 amide bonds. The smallest absolute Gasteiger partial charge is 0.255 e. The van der Waals surface area contributed by atoms with Crippen LogP contribution in [0.25, 0.3) is 10.9 Å². The van der Waals surface area contributed by atoms with Gasteiger partial charge in [-0.2, -0.15) is 0 Å². The predicted octanol–water partition coefficient (Wildman–Crippen LogP) is 3.82. The maximum atomic E-state index is 12.8. The summed E-state index contributed by atoms with van der Waals surface area (Å²) in [6, 6.07) is 8.31. The van der Waals surface area contributed by atoms with Gasteiger partial charge in [0.1, 0.15) is 0 Å². The third kappa shape index (κ3) is 2.33. The average molecular weight is 270 g/mol. The first-order chi connectivity index (χ1) is 9.66. The largest absolute Gasteiger partial charge is 0.361 e. The van der Waals surface area contributed by atoms with Crippen LogP contribution < -0.4 is 0 Å². The Kier molecular flexibility index (Phi) is 3.51. The predicted molar refractivity (Wildman–Crippen MR) is 81.8 cm³/mol. The normalized spacial score (nSPS) is 22.9. The summed E-state index contributed by atoms with van der Waals surface area (Å²) in [5.41, 5.74) is 1.74. The number of hydrogen-bond acceptors (Lipinski definition) is 1. The Morgan fingerprint density at radius 2 is 2.15 bits per heavy atom. The highest BCUT2D eigenvalue weighted by Gasteiger charge is 2.26. The first-order valence-corrected chi connectivity index (χ1v) is 7.50. The summed E-state index contributed by atoms with van der Waals surface area (Å²) < 4.78 is 0. The molecule has 0 aliphatic heterocycles. The van der Waals surface area contributed by atoms with E-state index in [-0.39, 0.29) is 5.91 Å². The van der Waals surface area contributed by atoms with E-state index >= 15 is 0 Å². The van der Waals surface area contributed by atoms with Crippen LogP contribution in [0.3, 0.4) is 0 Å². The molecular weight excluding hydrogens is 248 g/mol. The van der Waals surface area contributed by atoms with Crippen molar-refractivity contribution in [3.05, 3.63) is 36.0 Å². The van der Waals surface area contributed by atoms with Crippen molar-refractivity contribution in [3.8, 4) is 0 Å². The lowest BCUT2D eigenvalue weighted by Gasteiger charge is -2.34. The molecule has 2 atom stereocenters. The highest BCUT2D eigenvalue weighted by molar-refractivity contribution is 6.05. The van der Waals surface area contributed by atoms with Crippen LogP contribution in [-0.4, -0.2) is 28.9 Å². The zero-order valence-corrected chi connectivity index (χ0v) is 12.2. The minimum absolute atomic E-state index is 0.136. The van der Waals surface area contributed by atoms with Gasteiger partial charge in [0.15, 0.2) is 0 Å². The van der Waals surface area contributed by atoms with E-state index in [0.29, 0.717) is 6.04 Å². The molecule has 0 saturated heterocycles. The number of rotatable bonds is 2. The van der Waals surface area contributed by atoms with Crippen LogP contribution in [0, 0.1) is 5.92 Å². The maximum Gasteiger partial charge on any atom is 0.255 e. The first kappa shape index (κ1) is 13.2. The molecule has 106 valence electrons. The lowest BCUT2D eigenvalue weighted by molar-refractivity contribution is 0.0674. The third-order valence-electron chi connectivity index (χ3n) is 4.59. The third-order valence-corrected chi connectivity index (χ3v) is 4.59. The van der Waals surface area contributed by atoms with Crippen molar-refractivity contribution in [2.24, 2.45) is 5.92 Å². The van der Waals surface area contributed by atoms with Crippen molar-refractivity contribution in [1.29, 1.82) is 0 Å². The molecule has 0 bridgehead atoms. The molecule has 1 N–H and O–H groups in total. The topological polar surface area (TPSA) is 36.1 Å². The van der Waals surface area contributed by atoms with E-state index in [4.69, 9.17) is 0 Å². The van der Waals surface area contributed by atoms with E-state index < -0.39 is 0 Å². The van der Waals surface area contributed by atoms with Gasteiger partial charge in [0, 0.05) is 24.7 Å².